The first-order chi connectivity index (χ1) is 16.0. The lowest BCUT2D eigenvalue weighted by Crippen LogP contribution is -2.27. The molecule has 0 unspecified atom stereocenters. The Morgan fingerprint density at radius 3 is 2.35 bits per heavy atom. The number of fused-ring (bicyclic) bond motifs is 1. The predicted molar refractivity (Wildman–Crippen MR) is 120 cm³/mol. The van der Waals surface area contributed by atoms with Gasteiger partial charge in [0.25, 0.3) is 5.91 Å². The average molecular weight is 472 g/mol. The van der Waals surface area contributed by atoms with Gasteiger partial charge < -0.3 is 19.5 Å². The number of carbonyl (C=O) groups is 1. The highest BCUT2D eigenvalue weighted by Crippen LogP contribution is 2.38. The van der Waals surface area contributed by atoms with Crippen LogP contribution in [0.4, 0.5) is 18.9 Å². The minimum atomic E-state index is -4.48. The fourth-order valence-electron chi connectivity index (χ4n) is 3.60. The number of benzene rings is 2. The number of carbonyl (C=O) groups excluding carboxylic acids is 1. The van der Waals surface area contributed by atoms with Gasteiger partial charge in [0.1, 0.15) is 18.1 Å². The first kappa shape index (κ1) is 23.6. The third-order valence-electron chi connectivity index (χ3n) is 5.12. The van der Waals surface area contributed by atoms with E-state index in [4.69, 9.17) is 9.47 Å². The van der Waals surface area contributed by atoms with Crippen molar-refractivity contribution in [3.63, 3.8) is 0 Å². The number of rotatable bonds is 7. The standard InChI is InChI=1S/C25H23F3N2O4/c1-24(2,32)14-33-17-9-7-16(8-10-17)30-13-20-18(23(30)31)11-12-29-22(20)19-5-3-4-6-21(19)34-15-25(26,27)28/h3-12,32H,13-15H2,1-2H3. The van der Waals surface area contributed by atoms with E-state index in [9.17, 15) is 23.1 Å². The summed E-state index contributed by atoms with van der Waals surface area (Å²) in [6, 6.07) is 14.8. The smallest absolute Gasteiger partial charge is 0.422 e. The number of nitrogens with zero attached hydrogens (tertiary/aromatic N) is 2. The Kier molecular flexibility index (Phi) is 6.22. The Morgan fingerprint density at radius 1 is 0.971 bits per heavy atom. The number of para-hydroxylation sites is 1. The fourth-order valence-corrected chi connectivity index (χ4v) is 3.60. The molecule has 34 heavy (non-hydrogen) atoms. The lowest BCUT2D eigenvalue weighted by molar-refractivity contribution is -0.153. The van der Waals surface area contributed by atoms with Gasteiger partial charge in [-0.1, -0.05) is 12.1 Å². The minimum absolute atomic E-state index is 0.0416. The second-order valence-electron chi connectivity index (χ2n) is 8.57. The van der Waals surface area contributed by atoms with Crippen molar-refractivity contribution in [2.24, 2.45) is 0 Å². The molecule has 1 aliphatic heterocycles. The largest absolute Gasteiger partial charge is 0.491 e. The maximum atomic E-state index is 13.1. The van der Waals surface area contributed by atoms with Gasteiger partial charge in [-0.05, 0) is 56.3 Å². The Balaban J connectivity index is 1.60. The molecule has 2 heterocycles. The highest BCUT2D eigenvalue weighted by Gasteiger charge is 2.33. The first-order valence-corrected chi connectivity index (χ1v) is 10.6. The van der Waals surface area contributed by atoms with Gasteiger partial charge in [-0.2, -0.15) is 13.2 Å². The van der Waals surface area contributed by atoms with E-state index in [1.54, 1.807) is 67.3 Å². The van der Waals surface area contributed by atoms with Gasteiger partial charge in [-0.25, -0.2) is 0 Å². The predicted octanol–water partition coefficient (Wildman–Crippen LogP) is 5.00. The third kappa shape index (κ3) is 5.31. The van der Waals surface area contributed by atoms with Crippen LogP contribution in [0, 0.1) is 0 Å². The fraction of sp³-hybridized carbons (Fsp3) is 0.280. The van der Waals surface area contributed by atoms with E-state index in [1.165, 1.54) is 12.3 Å². The Morgan fingerprint density at radius 2 is 1.68 bits per heavy atom. The zero-order valence-electron chi connectivity index (χ0n) is 18.6. The van der Waals surface area contributed by atoms with Crippen LogP contribution in [0.3, 0.4) is 0 Å². The number of pyridine rings is 1. The van der Waals surface area contributed by atoms with Crippen LogP contribution in [0.15, 0.2) is 60.8 Å². The lowest BCUT2D eigenvalue weighted by Gasteiger charge is -2.19. The van der Waals surface area contributed by atoms with Crippen LogP contribution in [0.5, 0.6) is 11.5 Å². The van der Waals surface area contributed by atoms with Gasteiger partial charge >= 0.3 is 6.18 Å². The van der Waals surface area contributed by atoms with Gasteiger partial charge in [0, 0.05) is 28.6 Å². The molecule has 0 aliphatic carbocycles. The average Bonchev–Trinajstić information content (AvgIpc) is 3.12. The molecule has 178 valence electrons. The lowest BCUT2D eigenvalue weighted by atomic mass is 10.0. The van der Waals surface area contributed by atoms with Crippen LogP contribution in [0.25, 0.3) is 11.3 Å². The molecule has 4 rings (SSSR count). The number of hydrogen-bond donors (Lipinski definition) is 1. The summed E-state index contributed by atoms with van der Waals surface area (Å²) < 4.78 is 48.7. The van der Waals surface area contributed by atoms with Crippen LogP contribution in [-0.4, -0.2) is 41.0 Å². The monoisotopic (exact) mass is 472 g/mol. The number of ether oxygens (including phenoxy) is 2. The topological polar surface area (TPSA) is 71.9 Å². The highest BCUT2D eigenvalue weighted by molar-refractivity contribution is 6.11. The number of aromatic nitrogens is 1. The number of anilines is 1. The van der Waals surface area contributed by atoms with Crippen molar-refractivity contribution in [2.75, 3.05) is 18.1 Å². The summed E-state index contributed by atoms with van der Waals surface area (Å²) in [5, 5.41) is 9.81. The molecule has 1 N–H and O–H groups in total. The normalized spacial score (nSPS) is 13.7. The van der Waals surface area contributed by atoms with Crippen LogP contribution >= 0.6 is 0 Å². The molecular weight excluding hydrogens is 449 g/mol. The summed E-state index contributed by atoms with van der Waals surface area (Å²) >= 11 is 0. The van der Waals surface area contributed by atoms with Gasteiger partial charge in [-0.15, -0.1) is 0 Å². The summed E-state index contributed by atoms with van der Waals surface area (Å²) in [6.07, 6.45) is -3.02. The molecule has 0 fully saturated rings. The Hall–Kier alpha value is -3.59. The summed E-state index contributed by atoms with van der Waals surface area (Å²) in [6.45, 7) is 2.17. The summed E-state index contributed by atoms with van der Waals surface area (Å²) in [4.78, 5) is 19.0. The van der Waals surface area contributed by atoms with E-state index in [0.717, 1.165) is 0 Å². The first-order valence-electron chi connectivity index (χ1n) is 10.6. The van der Waals surface area contributed by atoms with E-state index in [-0.39, 0.29) is 24.8 Å². The van der Waals surface area contributed by atoms with Gasteiger partial charge in [0.15, 0.2) is 6.61 Å². The number of aliphatic hydroxyl groups is 1. The van der Waals surface area contributed by atoms with Crippen molar-refractivity contribution in [2.45, 2.75) is 32.2 Å². The molecule has 0 atom stereocenters. The van der Waals surface area contributed by atoms with E-state index in [1.807, 2.05) is 0 Å². The van der Waals surface area contributed by atoms with Gasteiger partial charge in [0.2, 0.25) is 0 Å². The van der Waals surface area contributed by atoms with Gasteiger partial charge in [-0.3, -0.25) is 9.78 Å². The summed E-state index contributed by atoms with van der Waals surface area (Å²) in [5.41, 5.74) is 1.47. The Labute approximate surface area is 194 Å². The third-order valence-corrected chi connectivity index (χ3v) is 5.12. The number of halogens is 3. The van der Waals surface area contributed by atoms with E-state index in [0.29, 0.717) is 33.8 Å². The zero-order valence-corrected chi connectivity index (χ0v) is 18.6. The van der Waals surface area contributed by atoms with Gasteiger partial charge in [0.05, 0.1) is 17.8 Å². The zero-order chi connectivity index (χ0) is 24.5. The number of hydrogen-bond acceptors (Lipinski definition) is 5. The molecular formula is C25H23F3N2O4. The van der Waals surface area contributed by atoms with Crippen LogP contribution in [-0.2, 0) is 6.54 Å². The van der Waals surface area contributed by atoms with E-state index in [2.05, 4.69) is 4.98 Å². The quantitative estimate of drug-likeness (QED) is 0.524. The maximum absolute atomic E-state index is 13.1. The molecule has 1 aromatic heterocycles. The molecule has 0 spiro atoms. The van der Waals surface area contributed by atoms with Crippen LogP contribution in [0.2, 0.25) is 0 Å². The van der Waals surface area contributed by atoms with Crippen molar-refractivity contribution in [1.82, 2.24) is 4.98 Å². The minimum Gasteiger partial charge on any atom is -0.491 e. The van der Waals surface area contributed by atoms with Crippen molar-refractivity contribution < 1.29 is 32.5 Å². The van der Waals surface area contributed by atoms with Crippen LogP contribution < -0.4 is 14.4 Å². The van der Waals surface area contributed by atoms with Crippen molar-refractivity contribution in [3.8, 4) is 22.8 Å². The van der Waals surface area contributed by atoms with E-state index < -0.39 is 18.4 Å². The number of alkyl halides is 3. The van der Waals surface area contributed by atoms with Crippen molar-refractivity contribution in [1.29, 1.82) is 0 Å². The molecule has 1 amide bonds. The molecule has 1 aliphatic rings. The van der Waals surface area contributed by atoms with E-state index >= 15 is 0 Å². The molecule has 9 heteroatoms. The van der Waals surface area contributed by atoms with Crippen LogP contribution in [0.1, 0.15) is 29.8 Å². The molecule has 0 saturated carbocycles. The SMILES string of the molecule is CC(C)(O)COc1ccc(N2Cc3c(ccnc3-c3ccccc3OCC(F)(F)F)C2=O)cc1. The Bertz CT molecular complexity index is 1190. The molecule has 0 saturated heterocycles. The maximum Gasteiger partial charge on any atom is 0.422 e. The van der Waals surface area contributed by atoms with Crippen molar-refractivity contribution >= 4 is 11.6 Å². The molecule has 0 bridgehead atoms. The summed E-state index contributed by atoms with van der Waals surface area (Å²) in [7, 11) is 0. The molecule has 0 radical (unpaired) electrons. The highest BCUT2D eigenvalue weighted by atomic mass is 19.4. The second kappa shape index (κ2) is 8.98. The molecule has 2 aromatic carbocycles. The molecule has 3 aromatic rings. The molecule has 6 nitrogen and oxygen atoms in total. The summed E-state index contributed by atoms with van der Waals surface area (Å²) in [5.74, 6) is 0.352. The number of amides is 1. The van der Waals surface area contributed by atoms with Crippen molar-refractivity contribution in [3.05, 3.63) is 71.9 Å². The second-order valence-corrected chi connectivity index (χ2v) is 8.57.